The molecule has 1 atom stereocenters. The van der Waals surface area contributed by atoms with Crippen LogP contribution in [0.15, 0.2) is 36.4 Å². The van der Waals surface area contributed by atoms with Crippen LogP contribution >= 0.6 is 0 Å². The molecule has 5 nitrogen and oxygen atoms in total. The minimum atomic E-state index is -0.363. The van der Waals surface area contributed by atoms with Gasteiger partial charge in [-0.25, -0.2) is 4.39 Å². The molecule has 2 fully saturated rings. The summed E-state index contributed by atoms with van der Waals surface area (Å²) in [4.78, 5) is 29.8. The van der Waals surface area contributed by atoms with Crippen LogP contribution in [-0.2, 0) is 11.3 Å². The Hall–Kier alpha value is -2.73. The maximum Gasteiger partial charge on any atom is 0.255 e. The van der Waals surface area contributed by atoms with Crippen LogP contribution in [0.5, 0.6) is 0 Å². The SMILES string of the molecule is Cc1ccc(C(=O)Nc2cc(F)cc(CN3CCN(C(=O)C4CCCC4)[C@@H](C)C3)c2C)cc1. The Bertz CT molecular complexity index is 1010. The normalized spacial score (nSPS) is 19.6. The zero-order chi connectivity index (χ0) is 23.5. The molecular weight excluding hydrogens is 417 g/mol. The van der Waals surface area contributed by atoms with E-state index in [0.717, 1.165) is 55.5 Å². The number of piperazine rings is 1. The Balaban J connectivity index is 1.42. The minimum absolute atomic E-state index is 0.140. The first-order chi connectivity index (χ1) is 15.8. The molecule has 2 aromatic rings. The number of nitrogens with zero attached hydrogens (tertiary/aromatic N) is 2. The molecule has 1 heterocycles. The molecule has 4 rings (SSSR count). The molecular formula is C27H34FN3O2. The second-order valence-corrected chi connectivity index (χ2v) is 9.65. The zero-order valence-corrected chi connectivity index (χ0v) is 19.9. The summed E-state index contributed by atoms with van der Waals surface area (Å²) < 4.78 is 14.5. The molecule has 2 aromatic carbocycles. The smallest absolute Gasteiger partial charge is 0.255 e. The van der Waals surface area contributed by atoms with Crippen molar-refractivity contribution in [1.29, 1.82) is 0 Å². The van der Waals surface area contributed by atoms with Gasteiger partial charge in [0, 0.05) is 49.4 Å². The van der Waals surface area contributed by atoms with E-state index in [0.29, 0.717) is 30.2 Å². The van der Waals surface area contributed by atoms with Crippen molar-refractivity contribution in [2.24, 2.45) is 5.92 Å². The van der Waals surface area contributed by atoms with Crippen LogP contribution in [0, 0.1) is 25.6 Å². The van der Waals surface area contributed by atoms with E-state index in [1.54, 1.807) is 18.2 Å². The van der Waals surface area contributed by atoms with Crippen molar-refractivity contribution < 1.29 is 14.0 Å². The Morgan fingerprint density at radius 3 is 2.42 bits per heavy atom. The summed E-state index contributed by atoms with van der Waals surface area (Å²) in [5.74, 6) is -0.105. The highest BCUT2D eigenvalue weighted by molar-refractivity contribution is 6.04. The van der Waals surface area contributed by atoms with E-state index in [9.17, 15) is 14.0 Å². The van der Waals surface area contributed by atoms with Crippen LogP contribution < -0.4 is 5.32 Å². The minimum Gasteiger partial charge on any atom is -0.337 e. The number of rotatable bonds is 5. The topological polar surface area (TPSA) is 52.7 Å². The fraction of sp³-hybridized carbons (Fsp3) is 0.481. The Morgan fingerprint density at radius 2 is 1.76 bits per heavy atom. The fourth-order valence-corrected chi connectivity index (χ4v) is 5.08. The molecule has 2 aliphatic rings. The Kier molecular flexibility index (Phi) is 7.13. The molecule has 176 valence electrons. The van der Waals surface area contributed by atoms with E-state index in [-0.39, 0.29) is 23.7 Å². The van der Waals surface area contributed by atoms with Crippen molar-refractivity contribution >= 4 is 17.5 Å². The monoisotopic (exact) mass is 451 g/mol. The number of benzene rings is 2. The molecule has 33 heavy (non-hydrogen) atoms. The van der Waals surface area contributed by atoms with Crippen LogP contribution in [-0.4, -0.2) is 47.3 Å². The first-order valence-electron chi connectivity index (χ1n) is 12.0. The number of amides is 2. The summed E-state index contributed by atoms with van der Waals surface area (Å²) in [5, 5.41) is 2.88. The van der Waals surface area contributed by atoms with E-state index < -0.39 is 0 Å². The molecule has 1 N–H and O–H groups in total. The molecule has 0 aromatic heterocycles. The van der Waals surface area contributed by atoms with Gasteiger partial charge in [-0.1, -0.05) is 30.5 Å². The number of aryl methyl sites for hydroxylation is 1. The third-order valence-corrected chi connectivity index (χ3v) is 7.14. The number of carbonyl (C=O) groups is 2. The van der Waals surface area contributed by atoms with Crippen LogP contribution in [0.4, 0.5) is 10.1 Å². The van der Waals surface area contributed by atoms with E-state index in [1.165, 1.54) is 6.07 Å². The van der Waals surface area contributed by atoms with Gasteiger partial charge in [-0.15, -0.1) is 0 Å². The lowest BCUT2D eigenvalue weighted by Gasteiger charge is -2.41. The number of halogens is 1. The van der Waals surface area contributed by atoms with Gasteiger partial charge in [0.25, 0.3) is 5.91 Å². The summed E-state index contributed by atoms with van der Waals surface area (Å²) >= 11 is 0. The highest BCUT2D eigenvalue weighted by Crippen LogP contribution is 2.29. The quantitative estimate of drug-likeness (QED) is 0.702. The zero-order valence-electron chi connectivity index (χ0n) is 19.9. The van der Waals surface area contributed by atoms with Gasteiger partial charge in [-0.3, -0.25) is 14.5 Å². The van der Waals surface area contributed by atoms with E-state index >= 15 is 0 Å². The summed E-state index contributed by atoms with van der Waals surface area (Å²) in [6.45, 7) is 8.82. The number of anilines is 1. The predicted molar refractivity (Wildman–Crippen MR) is 129 cm³/mol. The summed E-state index contributed by atoms with van der Waals surface area (Å²) in [7, 11) is 0. The Morgan fingerprint density at radius 1 is 1.06 bits per heavy atom. The van der Waals surface area contributed by atoms with Crippen LogP contribution in [0.3, 0.4) is 0 Å². The maximum absolute atomic E-state index is 14.5. The van der Waals surface area contributed by atoms with Gasteiger partial charge in [0.1, 0.15) is 5.82 Å². The van der Waals surface area contributed by atoms with E-state index in [2.05, 4.69) is 17.1 Å². The van der Waals surface area contributed by atoms with Gasteiger partial charge < -0.3 is 10.2 Å². The molecule has 1 saturated carbocycles. The van der Waals surface area contributed by atoms with E-state index in [4.69, 9.17) is 0 Å². The molecule has 6 heteroatoms. The lowest BCUT2D eigenvalue weighted by Crippen LogP contribution is -2.54. The van der Waals surface area contributed by atoms with Gasteiger partial charge in [0.15, 0.2) is 0 Å². The highest BCUT2D eigenvalue weighted by Gasteiger charge is 2.33. The average Bonchev–Trinajstić information content (AvgIpc) is 3.32. The maximum atomic E-state index is 14.5. The number of hydrogen-bond donors (Lipinski definition) is 1. The molecule has 0 unspecified atom stereocenters. The van der Waals surface area contributed by atoms with Gasteiger partial charge in [0.05, 0.1) is 0 Å². The van der Waals surface area contributed by atoms with Crippen LogP contribution in [0.1, 0.15) is 59.7 Å². The summed E-state index contributed by atoms with van der Waals surface area (Å²) in [6.07, 6.45) is 4.36. The van der Waals surface area contributed by atoms with Crippen molar-refractivity contribution in [2.75, 3.05) is 25.0 Å². The van der Waals surface area contributed by atoms with Gasteiger partial charge in [-0.2, -0.15) is 0 Å². The summed E-state index contributed by atoms with van der Waals surface area (Å²) in [5.41, 5.74) is 3.85. The molecule has 0 radical (unpaired) electrons. The summed E-state index contributed by atoms with van der Waals surface area (Å²) in [6, 6.07) is 10.4. The fourth-order valence-electron chi connectivity index (χ4n) is 5.08. The average molecular weight is 452 g/mol. The third kappa shape index (κ3) is 5.44. The number of hydrogen-bond acceptors (Lipinski definition) is 3. The second kappa shape index (κ2) is 10.0. The van der Waals surface area contributed by atoms with Crippen molar-refractivity contribution in [3.8, 4) is 0 Å². The van der Waals surface area contributed by atoms with Crippen molar-refractivity contribution in [3.05, 3.63) is 64.5 Å². The molecule has 1 saturated heterocycles. The van der Waals surface area contributed by atoms with E-state index in [1.807, 2.05) is 30.9 Å². The first kappa shape index (κ1) is 23.4. The van der Waals surface area contributed by atoms with Crippen molar-refractivity contribution in [2.45, 2.75) is 59.0 Å². The highest BCUT2D eigenvalue weighted by atomic mass is 19.1. The molecule has 0 spiro atoms. The Labute approximate surface area is 196 Å². The molecule has 1 aliphatic carbocycles. The van der Waals surface area contributed by atoms with Crippen molar-refractivity contribution in [3.63, 3.8) is 0 Å². The van der Waals surface area contributed by atoms with Crippen LogP contribution in [0.25, 0.3) is 0 Å². The number of nitrogens with one attached hydrogen (secondary N) is 1. The standard InChI is InChI=1S/C27H34FN3O2/c1-18-8-10-21(11-9-18)26(32)29-25-15-24(28)14-23(20(25)3)17-30-12-13-31(19(2)16-30)27(33)22-6-4-5-7-22/h8-11,14-15,19,22H,4-7,12-13,16-17H2,1-3H3,(H,29,32)/t19-/m0/s1. The lowest BCUT2D eigenvalue weighted by molar-refractivity contribution is -0.140. The molecule has 2 amide bonds. The predicted octanol–water partition coefficient (Wildman–Crippen LogP) is 4.92. The molecule has 0 bridgehead atoms. The third-order valence-electron chi connectivity index (χ3n) is 7.14. The van der Waals surface area contributed by atoms with Crippen LogP contribution in [0.2, 0.25) is 0 Å². The van der Waals surface area contributed by atoms with Crippen molar-refractivity contribution in [1.82, 2.24) is 9.80 Å². The number of carbonyl (C=O) groups excluding carboxylic acids is 2. The molecule has 1 aliphatic heterocycles. The lowest BCUT2D eigenvalue weighted by atomic mass is 10.0. The van der Waals surface area contributed by atoms with Gasteiger partial charge in [-0.05, 0) is 69.0 Å². The second-order valence-electron chi connectivity index (χ2n) is 9.65. The first-order valence-corrected chi connectivity index (χ1v) is 12.0. The van der Waals surface area contributed by atoms with Gasteiger partial charge in [0.2, 0.25) is 5.91 Å². The van der Waals surface area contributed by atoms with Gasteiger partial charge >= 0.3 is 0 Å². The largest absolute Gasteiger partial charge is 0.337 e.